The van der Waals surface area contributed by atoms with Gasteiger partial charge in [-0.3, -0.25) is 20.2 Å². The van der Waals surface area contributed by atoms with E-state index in [2.05, 4.69) is 120 Å². The summed E-state index contributed by atoms with van der Waals surface area (Å²) in [6.07, 6.45) is 7.80. The fraction of sp³-hybridized carbons (Fsp3) is 0.894. The van der Waals surface area contributed by atoms with Gasteiger partial charge in [0.1, 0.15) is 0 Å². The van der Waals surface area contributed by atoms with Crippen LogP contribution >= 0.6 is 0 Å². The van der Waals surface area contributed by atoms with E-state index < -0.39 is 11.1 Å². The minimum absolute atomic E-state index is 0.0931. The zero-order chi connectivity index (χ0) is 46.3. The number of carbonyl (C=O) groups is 2. The number of amides is 2. The highest BCUT2D eigenvalue weighted by Crippen LogP contribution is 2.39. The molecule has 15 heteroatoms. The van der Waals surface area contributed by atoms with Crippen LogP contribution in [0, 0.1) is 11.8 Å². The van der Waals surface area contributed by atoms with Gasteiger partial charge in [0.15, 0.2) is 0 Å². The van der Waals surface area contributed by atoms with E-state index in [-0.39, 0.29) is 69.0 Å². The molecule has 4 aliphatic rings. The summed E-state index contributed by atoms with van der Waals surface area (Å²) in [5.41, 5.74) is 3.40. The van der Waals surface area contributed by atoms with Crippen LogP contribution in [-0.2, 0) is 9.59 Å². The molecule has 4 aliphatic heterocycles. The molecular weight excluding hydrogens is 779 g/mol. The van der Waals surface area contributed by atoms with Crippen LogP contribution < -0.4 is 43.0 Å². The van der Waals surface area contributed by atoms with E-state index in [9.17, 15) is 9.59 Å². The van der Waals surface area contributed by atoms with Gasteiger partial charge in [0.05, 0.1) is 11.1 Å². The van der Waals surface area contributed by atoms with Crippen molar-refractivity contribution in [3.8, 4) is 0 Å². The van der Waals surface area contributed by atoms with Crippen molar-refractivity contribution in [2.24, 2.45) is 17.6 Å². The van der Waals surface area contributed by atoms with Crippen LogP contribution in [0.4, 0.5) is 17.8 Å². The van der Waals surface area contributed by atoms with Crippen molar-refractivity contribution in [2.45, 2.75) is 219 Å². The predicted octanol–water partition coefficient (Wildman–Crippen LogP) is 5.46. The first kappa shape index (κ1) is 50.2. The first-order chi connectivity index (χ1) is 28.3. The van der Waals surface area contributed by atoms with Crippen molar-refractivity contribution in [3.05, 3.63) is 0 Å². The second kappa shape index (κ2) is 18.2. The molecule has 354 valence electrons. The van der Waals surface area contributed by atoms with Crippen molar-refractivity contribution in [1.29, 1.82) is 0 Å². The number of aromatic nitrogens is 3. The molecule has 0 spiro atoms. The summed E-state index contributed by atoms with van der Waals surface area (Å²) in [6.45, 7) is 38.4. The number of unbranched alkanes of at least 4 members (excludes halogenated alkanes) is 3. The second-order valence-corrected chi connectivity index (χ2v) is 24.7. The Hall–Kier alpha value is -2.85. The third-order valence-electron chi connectivity index (χ3n) is 13.2. The maximum Gasteiger partial charge on any atom is 0.242 e. The topological polar surface area (TPSA) is 190 Å². The molecule has 2 unspecified atom stereocenters. The molecule has 4 saturated heterocycles. The molecule has 4 fully saturated rings. The molecule has 9 N–H and O–H groups in total. The minimum Gasteiger partial charge on any atom is -0.354 e. The SMILES string of the molecule is CC1(C)CC(C(CN2CC(C)(C)NC(C)(C)C2=O)Nc2nc(NCCCCCCN)nc(NC(CN3CC(C)(C)NC(C)(C)C3=O)C3CC(C)(C)NC(C)(C)C3)n2)CC(C)(C)N1. The molecule has 2 amide bonds. The van der Waals surface area contributed by atoms with Gasteiger partial charge in [-0.25, -0.2) is 0 Å². The molecule has 0 radical (unpaired) electrons. The highest BCUT2D eigenvalue weighted by molar-refractivity contribution is 5.87. The summed E-state index contributed by atoms with van der Waals surface area (Å²) in [4.78, 5) is 47.7. The summed E-state index contributed by atoms with van der Waals surface area (Å²) >= 11 is 0. The Morgan fingerprint density at radius 1 is 0.532 bits per heavy atom. The monoisotopic (exact) mass is 868 g/mol. The van der Waals surface area contributed by atoms with Gasteiger partial charge in [-0.2, -0.15) is 15.0 Å². The highest BCUT2D eigenvalue weighted by atomic mass is 16.2. The standard InChI is InChI=1S/C47H89N13O2/c1-40(2)23-31(24-41(3,4)55-40)33(27-59-29-44(9,10)57-46(13,14)35(59)61)50-38-52-37(49-22-20-18-17-19-21-48)53-39(54-38)51-34(32-25-42(5,6)56-43(7,8)26-32)28-60-30-45(11,12)58-47(15,16)36(60)62/h31-34,55-58H,17-30,48H2,1-16H3,(H3,49,50,51,52,53,54). The van der Waals surface area contributed by atoms with Gasteiger partial charge >= 0.3 is 0 Å². The van der Waals surface area contributed by atoms with Gasteiger partial charge in [-0.15, -0.1) is 0 Å². The van der Waals surface area contributed by atoms with Gasteiger partial charge in [0.25, 0.3) is 0 Å². The lowest BCUT2D eigenvalue weighted by molar-refractivity contribution is -0.144. The molecular formula is C47H89N13O2. The van der Waals surface area contributed by atoms with Gasteiger partial charge in [-0.05, 0) is 168 Å². The Labute approximate surface area is 375 Å². The van der Waals surface area contributed by atoms with E-state index in [1.54, 1.807) is 0 Å². The number of nitrogens with two attached hydrogens (primary N) is 1. The predicted molar refractivity (Wildman–Crippen MR) is 254 cm³/mol. The number of hydrogen-bond acceptors (Lipinski definition) is 13. The molecule has 0 bridgehead atoms. The van der Waals surface area contributed by atoms with Crippen LogP contribution in [0.2, 0.25) is 0 Å². The van der Waals surface area contributed by atoms with Gasteiger partial charge < -0.3 is 42.1 Å². The fourth-order valence-corrected chi connectivity index (χ4v) is 12.3. The smallest absolute Gasteiger partial charge is 0.242 e. The van der Waals surface area contributed by atoms with E-state index in [0.29, 0.717) is 57.1 Å². The number of nitrogens with one attached hydrogen (secondary N) is 7. The van der Waals surface area contributed by atoms with Crippen LogP contribution in [0.15, 0.2) is 0 Å². The lowest BCUT2D eigenvalue weighted by atomic mass is 9.72. The third-order valence-corrected chi connectivity index (χ3v) is 13.2. The van der Waals surface area contributed by atoms with E-state index in [1.165, 1.54) is 0 Å². The minimum atomic E-state index is -0.701. The van der Waals surface area contributed by atoms with Gasteiger partial charge in [0, 0.05) is 78.0 Å². The Morgan fingerprint density at radius 2 is 0.887 bits per heavy atom. The van der Waals surface area contributed by atoms with E-state index in [4.69, 9.17) is 20.7 Å². The number of anilines is 3. The quantitative estimate of drug-likeness (QED) is 0.0924. The molecule has 5 rings (SSSR count). The van der Waals surface area contributed by atoms with Crippen molar-refractivity contribution in [1.82, 2.24) is 46.0 Å². The maximum atomic E-state index is 14.1. The van der Waals surface area contributed by atoms with Crippen LogP contribution in [0.1, 0.15) is 162 Å². The van der Waals surface area contributed by atoms with Gasteiger partial charge in [0.2, 0.25) is 29.7 Å². The zero-order valence-electron chi connectivity index (χ0n) is 41.8. The summed E-state index contributed by atoms with van der Waals surface area (Å²) in [6, 6.07) is -0.290. The molecule has 0 saturated carbocycles. The number of carbonyl (C=O) groups excluding carboxylic acids is 2. The third kappa shape index (κ3) is 13.6. The van der Waals surface area contributed by atoms with Crippen LogP contribution in [0.3, 0.4) is 0 Å². The van der Waals surface area contributed by atoms with E-state index in [0.717, 1.165) is 51.4 Å². The van der Waals surface area contributed by atoms with Gasteiger partial charge in [-0.1, -0.05) is 12.8 Å². The summed E-state index contributed by atoms with van der Waals surface area (Å²) < 4.78 is 0. The highest BCUT2D eigenvalue weighted by Gasteiger charge is 2.48. The average Bonchev–Trinajstić information content (AvgIpc) is 3.06. The maximum absolute atomic E-state index is 14.1. The Morgan fingerprint density at radius 3 is 1.26 bits per heavy atom. The first-order valence-corrected chi connectivity index (χ1v) is 23.8. The number of piperazine rings is 2. The van der Waals surface area contributed by atoms with Crippen molar-refractivity contribution in [3.63, 3.8) is 0 Å². The molecule has 1 aromatic heterocycles. The lowest BCUT2D eigenvalue weighted by Crippen LogP contribution is -2.71. The normalized spacial score (nSPS) is 26.1. The number of hydrogen-bond donors (Lipinski definition) is 8. The van der Waals surface area contributed by atoms with E-state index >= 15 is 0 Å². The Kier molecular flexibility index (Phi) is 14.7. The fourth-order valence-electron chi connectivity index (χ4n) is 12.3. The molecule has 0 aliphatic carbocycles. The molecule has 1 aromatic rings. The van der Waals surface area contributed by atoms with Crippen LogP contribution in [0.5, 0.6) is 0 Å². The van der Waals surface area contributed by atoms with Crippen LogP contribution in [0.25, 0.3) is 0 Å². The largest absolute Gasteiger partial charge is 0.354 e. The molecule has 5 heterocycles. The zero-order valence-corrected chi connectivity index (χ0v) is 41.8. The van der Waals surface area contributed by atoms with Crippen molar-refractivity contribution >= 4 is 29.7 Å². The Balaban J connectivity index is 1.55. The molecule has 0 aromatic carbocycles. The molecule has 2 atom stereocenters. The number of piperidine rings is 2. The van der Waals surface area contributed by atoms with E-state index in [1.807, 2.05) is 37.5 Å². The summed E-state index contributed by atoms with van der Waals surface area (Å²) in [7, 11) is 0. The molecule has 62 heavy (non-hydrogen) atoms. The summed E-state index contributed by atoms with van der Waals surface area (Å²) in [5, 5.41) is 26.1. The molecule has 15 nitrogen and oxygen atoms in total. The second-order valence-electron chi connectivity index (χ2n) is 24.7. The average molecular weight is 868 g/mol. The van der Waals surface area contributed by atoms with Crippen LogP contribution in [-0.4, -0.2) is 132 Å². The Bertz CT molecular complexity index is 1580. The number of rotatable bonds is 17. The van der Waals surface area contributed by atoms with Crippen molar-refractivity contribution in [2.75, 3.05) is 55.2 Å². The number of nitrogens with zero attached hydrogens (tertiary/aromatic N) is 5. The lowest BCUT2D eigenvalue weighted by Gasteiger charge is -2.51. The first-order valence-electron chi connectivity index (χ1n) is 23.8. The van der Waals surface area contributed by atoms with Crippen molar-refractivity contribution < 1.29 is 9.59 Å². The summed E-state index contributed by atoms with van der Waals surface area (Å²) in [5.74, 6) is 2.04.